The van der Waals surface area contributed by atoms with Crippen LogP contribution in [0.15, 0.2) is 42.6 Å². The van der Waals surface area contributed by atoms with Crippen molar-refractivity contribution in [1.29, 1.82) is 0 Å². The predicted molar refractivity (Wildman–Crippen MR) is 82.6 cm³/mol. The lowest BCUT2D eigenvalue weighted by molar-refractivity contribution is 0.991. The second kappa shape index (κ2) is 4.79. The number of aromatic nitrogens is 3. The van der Waals surface area contributed by atoms with Crippen LogP contribution in [0.5, 0.6) is 0 Å². The van der Waals surface area contributed by atoms with Crippen LogP contribution < -0.4 is 11.3 Å². The molecule has 2 aromatic heterocycles. The average molecular weight is 277 g/mol. The molecule has 2 heterocycles. The van der Waals surface area contributed by atoms with E-state index in [1.807, 2.05) is 36.4 Å². The maximum Gasteiger partial charge on any atom is 0.164 e. The normalized spacial score (nSPS) is 14.3. The van der Waals surface area contributed by atoms with Crippen molar-refractivity contribution in [2.75, 3.05) is 5.43 Å². The molecular formula is C16H15N5. The minimum absolute atomic E-state index is 0.543. The van der Waals surface area contributed by atoms with Gasteiger partial charge in [0.25, 0.3) is 0 Å². The van der Waals surface area contributed by atoms with Crippen LogP contribution >= 0.6 is 0 Å². The minimum Gasteiger partial charge on any atom is -0.308 e. The van der Waals surface area contributed by atoms with E-state index in [-0.39, 0.29) is 0 Å². The van der Waals surface area contributed by atoms with E-state index >= 15 is 0 Å². The summed E-state index contributed by atoms with van der Waals surface area (Å²) in [5.41, 5.74) is 5.54. The van der Waals surface area contributed by atoms with Crippen molar-refractivity contribution in [3.63, 3.8) is 0 Å². The molecule has 1 aliphatic carbocycles. The van der Waals surface area contributed by atoms with Crippen molar-refractivity contribution < 1.29 is 0 Å². The van der Waals surface area contributed by atoms with Gasteiger partial charge < -0.3 is 5.43 Å². The fraction of sp³-hybridized carbons (Fsp3) is 0.188. The van der Waals surface area contributed by atoms with E-state index in [4.69, 9.17) is 10.8 Å². The van der Waals surface area contributed by atoms with Crippen LogP contribution in [0.25, 0.3) is 22.3 Å². The molecule has 0 spiro atoms. The third-order valence-corrected chi connectivity index (χ3v) is 3.76. The average Bonchev–Trinajstić information content (AvgIpc) is 3.39. The second-order valence-corrected chi connectivity index (χ2v) is 5.30. The molecule has 3 N–H and O–H groups in total. The van der Waals surface area contributed by atoms with Gasteiger partial charge in [0.2, 0.25) is 0 Å². The van der Waals surface area contributed by atoms with Gasteiger partial charge in [0.1, 0.15) is 5.82 Å². The monoisotopic (exact) mass is 277 g/mol. The number of anilines is 1. The summed E-state index contributed by atoms with van der Waals surface area (Å²) in [5, 5.41) is 1.08. The maximum atomic E-state index is 5.54. The van der Waals surface area contributed by atoms with Crippen LogP contribution in [-0.2, 0) is 0 Å². The zero-order valence-corrected chi connectivity index (χ0v) is 11.5. The van der Waals surface area contributed by atoms with Gasteiger partial charge in [0.05, 0.1) is 5.52 Å². The number of hydrazine groups is 1. The number of nitrogens with two attached hydrogens (primary N) is 1. The van der Waals surface area contributed by atoms with Crippen molar-refractivity contribution in [2.45, 2.75) is 18.8 Å². The van der Waals surface area contributed by atoms with Crippen molar-refractivity contribution in [2.24, 2.45) is 5.84 Å². The molecule has 0 aliphatic heterocycles. The van der Waals surface area contributed by atoms with Crippen LogP contribution in [0.4, 0.5) is 5.82 Å². The van der Waals surface area contributed by atoms with E-state index in [1.54, 1.807) is 6.20 Å². The fourth-order valence-electron chi connectivity index (χ4n) is 2.53. The third-order valence-electron chi connectivity index (χ3n) is 3.76. The number of nitrogen functional groups attached to an aromatic ring is 1. The van der Waals surface area contributed by atoms with Gasteiger partial charge in [0.15, 0.2) is 5.82 Å². The minimum atomic E-state index is 0.543. The topological polar surface area (TPSA) is 76.7 Å². The predicted octanol–water partition coefficient (Wildman–Crippen LogP) is 2.85. The van der Waals surface area contributed by atoms with E-state index in [0.29, 0.717) is 17.6 Å². The summed E-state index contributed by atoms with van der Waals surface area (Å²) in [6, 6.07) is 11.9. The van der Waals surface area contributed by atoms with Crippen LogP contribution in [0.1, 0.15) is 24.5 Å². The standard InChI is InChI=1S/C16H15N5/c17-21-14-9-13(10-6-7-10)19-16(20-14)12-5-1-3-11-4-2-8-18-15(11)12/h1-5,8-10H,6-7,17H2,(H,19,20,21). The fourth-order valence-corrected chi connectivity index (χ4v) is 2.53. The van der Waals surface area contributed by atoms with Crippen LogP contribution in [-0.4, -0.2) is 15.0 Å². The SMILES string of the molecule is NNc1cc(C2CC2)nc(-c2cccc3cccnc23)n1. The summed E-state index contributed by atoms with van der Waals surface area (Å²) in [6.07, 6.45) is 4.17. The summed E-state index contributed by atoms with van der Waals surface area (Å²) >= 11 is 0. The third kappa shape index (κ3) is 2.21. The Bertz CT molecular complexity index is 805. The van der Waals surface area contributed by atoms with E-state index in [9.17, 15) is 0 Å². The lowest BCUT2D eigenvalue weighted by Gasteiger charge is -2.09. The van der Waals surface area contributed by atoms with Crippen molar-refractivity contribution in [3.8, 4) is 11.4 Å². The molecule has 0 atom stereocenters. The zero-order valence-electron chi connectivity index (χ0n) is 11.5. The molecule has 5 nitrogen and oxygen atoms in total. The Morgan fingerprint density at radius 2 is 1.95 bits per heavy atom. The largest absolute Gasteiger partial charge is 0.308 e. The Labute approximate surface area is 122 Å². The van der Waals surface area contributed by atoms with Gasteiger partial charge >= 0.3 is 0 Å². The molecule has 0 saturated heterocycles. The number of pyridine rings is 1. The maximum absolute atomic E-state index is 5.54. The van der Waals surface area contributed by atoms with Gasteiger partial charge in [-0.25, -0.2) is 15.8 Å². The number of rotatable bonds is 3. The number of nitrogens with zero attached hydrogens (tertiary/aromatic N) is 3. The molecule has 5 heteroatoms. The van der Waals surface area contributed by atoms with Gasteiger partial charge in [-0.05, 0) is 25.0 Å². The lowest BCUT2D eigenvalue weighted by atomic mass is 10.1. The van der Waals surface area contributed by atoms with Crippen molar-refractivity contribution in [1.82, 2.24) is 15.0 Å². The summed E-state index contributed by atoms with van der Waals surface area (Å²) in [5.74, 6) is 7.41. The Hall–Kier alpha value is -2.53. The number of para-hydroxylation sites is 1. The first-order valence-corrected chi connectivity index (χ1v) is 7.05. The molecule has 104 valence electrons. The molecule has 1 fully saturated rings. The smallest absolute Gasteiger partial charge is 0.164 e. The highest BCUT2D eigenvalue weighted by Gasteiger charge is 2.26. The van der Waals surface area contributed by atoms with Crippen molar-refractivity contribution in [3.05, 3.63) is 48.3 Å². The van der Waals surface area contributed by atoms with Crippen LogP contribution in [0.2, 0.25) is 0 Å². The second-order valence-electron chi connectivity index (χ2n) is 5.30. The Morgan fingerprint density at radius 1 is 1.10 bits per heavy atom. The molecule has 0 unspecified atom stereocenters. The molecule has 1 aromatic carbocycles. The zero-order chi connectivity index (χ0) is 14.2. The number of hydrogen-bond acceptors (Lipinski definition) is 5. The van der Waals surface area contributed by atoms with Gasteiger partial charge in [-0.1, -0.05) is 18.2 Å². The number of hydrogen-bond donors (Lipinski definition) is 2. The summed E-state index contributed by atoms with van der Waals surface area (Å²) in [7, 11) is 0. The van der Waals surface area contributed by atoms with Crippen LogP contribution in [0, 0.1) is 0 Å². The number of nitrogens with one attached hydrogen (secondary N) is 1. The highest BCUT2D eigenvalue weighted by atomic mass is 15.3. The molecule has 3 aromatic rings. The molecular weight excluding hydrogens is 262 g/mol. The quantitative estimate of drug-likeness (QED) is 0.568. The highest BCUT2D eigenvalue weighted by Crippen LogP contribution is 2.40. The number of fused-ring (bicyclic) bond motifs is 1. The molecule has 0 radical (unpaired) electrons. The van der Waals surface area contributed by atoms with Gasteiger partial charge in [0, 0.05) is 34.8 Å². The molecule has 21 heavy (non-hydrogen) atoms. The lowest BCUT2D eigenvalue weighted by Crippen LogP contribution is -2.10. The van der Waals surface area contributed by atoms with Crippen LogP contribution in [0.3, 0.4) is 0 Å². The summed E-state index contributed by atoms with van der Waals surface area (Å²) < 4.78 is 0. The summed E-state index contributed by atoms with van der Waals surface area (Å²) in [4.78, 5) is 13.7. The highest BCUT2D eigenvalue weighted by molar-refractivity contribution is 5.91. The first-order valence-electron chi connectivity index (χ1n) is 7.05. The molecule has 1 aliphatic rings. The van der Waals surface area contributed by atoms with E-state index in [0.717, 1.165) is 22.2 Å². The van der Waals surface area contributed by atoms with E-state index in [2.05, 4.69) is 15.4 Å². The van der Waals surface area contributed by atoms with Gasteiger partial charge in [-0.15, -0.1) is 0 Å². The van der Waals surface area contributed by atoms with Gasteiger partial charge in [-0.3, -0.25) is 4.98 Å². The summed E-state index contributed by atoms with van der Waals surface area (Å²) in [6.45, 7) is 0. The van der Waals surface area contributed by atoms with E-state index in [1.165, 1.54) is 12.8 Å². The first-order chi connectivity index (χ1) is 10.3. The Kier molecular flexibility index (Phi) is 2.79. The Balaban J connectivity index is 1.93. The van der Waals surface area contributed by atoms with E-state index < -0.39 is 0 Å². The Morgan fingerprint density at radius 3 is 2.76 bits per heavy atom. The van der Waals surface area contributed by atoms with Gasteiger partial charge in [-0.2, -0.15) is 0 Å². The number of benzene rings is 1. The molecule has 4 rings (SSSR count). The molecule has 0 amide bonds. The molecule has 0 bridgehead atoms. The molecule has 1 saturated carbocycles. The van der Waals surface area contributed by atoms with Crippen molar-refractivity contribution >= 4 is 16.7 Å². The first kappa shape index (κ1) is 12.2.